The minimum atomic E-state index is -4.78. The summed E-state index contributed by atoms with van der Waals surface area (Å²) in [6.07, 6.45) is -2.83. The lowest BCUT2D eigenvalue weighted by Crippen LogP contribution is -2.25. The van der Waals surface area contributed by atoms with Gasteiger partial charge in [-0.2, -0.15) is 13.2 Å². The first kappa shape index (κ1) is 22.7. The van der Waals surface area contributed by atoms with Gasteiger partial charge >= 0.3 is 12.1 Å². The molecule has 0 radical (unpaired) electrons. The zero-order chi connectivity index (χ0) is 23.8. The summed E-state index contributed by atoms with van der Waals surface area (Å²) in [6, 6.07) is 7.73. The van der Waals surface area contributed by atoms with Gasteiger partial charge in [0.2, 0.25) is 11.8 Å². The first-order chi connectivity index (χ1) is 15.5. The number of rotatable bonds is 5. The Kier molecular flexibility index (Phi) is 5.81. The number of benzene rings is 1. The Balaban J connectivity index is 1.53. The Morgan fingerprint density at radius 1 is 1.15 bits per heavy atom. The van der Waals surface area contributed by atoms with E-state index in [2.05, 4.69) is 25.5 Å². The predicted molar refractivity (Wildman–Crippen MR) is 111 cm³/mol. The second-order valence-electron chi connectivity index (χ2n) is 8.74. The lowest BCUT2D eigenvalue weighted by Gasteiger charge is -2.18. The van der Waals surface area contributed by atoms with Crippen molar-refractivity contribution >= 4 is 11.9 Å². The van der Waals surface area contributed by atoms with E-state index in [1.165, 1.54) is 0 Å². The minimum Gasteiger partial charge on any atom is -0.460 e. The number of ether oxygens (including phenoxy) is 1. The van der Waals surface area contributed by atoms with Crippen molar-refractivity contribution in [2.24, 2.45) is 0 Å². The Morgan fingerprint density at radius 3 is 2.42 bits per heavy atom. The summed E-state index contributed by atoms with van der Waals surface area (Å²) in [7, 11) is 0. The number of hydrogen-bond acceptors (Lipinski definition) is 8. The van der Waals surface area contributed by atoms with Crippen molar-refractivity contribution in [1.82, 2.24) is 20.2 Å². The van der Waals surface area contributed by atoms with Crippen molar-refractivity contribution in [2.75, 3.05) is 5.32 Å². The lowest BCUT2D eigenvalue weighted by atomic mass is 10.1. The third-order valence-electron chi connectivity index (χ3n) is 4.85. The molecule has 33 heavy (non-hydrogen) atoms. The van der Waals surface area contributed by atoms with Gasteiger partial charge in [-0.25, -0.2) is 9.97 Å². The molecule has 1 N–H and O–H groups in total. The van der Waals surface area contributed by atoms with Gasteiger partial charge in [-0.15, -0.1) is 10.2 Å². The molecule has 2 heterocycles. The summed E-state index contributed by atoms with van der Waals surface area (Å²) in [5.41, 5.74) is -0.105. The van der Waals surface area contributed by atoms with E-state index in [0.29, 0.717) is 12.8 Å². The number of halogens is 3. The van der Waals surface area contributed by atoms with Crippen LogP contribution in [-0.2, 0) is 35.0 Å². The predicted octanol–water partition coefficient (Wildman–Crippen LogP) is 4.01. The maximum absolute atomic E-state index is 13.8. The number of esters is 1. The second-order valence-corrected chi connectivity index (χ2v) is 8.74. The number of alkyl halides is 3. The highest BCUT2D eigenvalue weighted by atomic mass is 19.4. The van der Waals surface area contributed by atoms with Crippen LogP contribution in [0.15, 0.2) is 34.9 Å². The van der Waals surface area contributed by atoms with Crippen LogP contribution in [0.5, 0.6) is 0 Å². The summed E-state index contributed by atoms with van der Waals surface area (Å²) < 4.78 is 51.7. The molecule has 0 fully saturated rings. The van der Waals surface area contributed by atoms with Crippen LogP contribution in [0.1, 0.15) is 43.5 Å². The van der Waals surface area contributed by atoms with Crippen molar-refractivity contribution in [2.45, 2.75) is 57.9 Å². The van der Waals surface area contributed by atoms with Gasteiger partial charge in [0.1, 0.15) is 12.0 Å². The highest BCUT2D eigenvalue weighted by Gasteiger charge is 2.38. The van der Waals surface area contributed by atoms with Crippen molar-refractivity contribution in [1.29, 1.82) is 0 Å². The number of aromatic nitrogens is 4. The largest absolute Gasteiger partial charge is 0.460 e. The smallest absolute Gasteiger partial charge is 0.434 e. The quantitative estimate of drug-likeness (QED) is 0.569. The van der Waals surface area contributed by atoms with Gasteiger partial charge in [0.15, 0.2) is 5.69 Å². The first-order valence-electron chi connectivity index (χ1n) is 10.3. The third-order valence-corrected chi connectivity index (χ3v) is 4.85. The van der Waals surface area contributed by atoms with E-state index in [4.69, 9.17) is 9.15 Å². The van der Waals surface area contributed by atoms with E-state index in [0.717, 1.165) is 17.3 Å². The van der Waals surface area contributed by atoms with E-state index in [1.807, 2.05) is 24.3 Å². The van der Waals surface area contributed by atoms with Crippen molar-refractivity contribution in [3.8, 4) is 11.5 Å². The molecule has 1 aromatic carbocycles. The molecule has 2 aromatic heterocycles. The molecule has 4 rings (SSSR count). The third kappa shape index (κ3) is 5.47. The van der Waals surface area contributed by atoms with Crippen LogP contribution in [0.2, 0.25) is 0 Å². The SMILES string of the molecule is CC(C)(C)OC(=O)Cc1nnc(-c2cnc(NC3Cc4ccccc4C3)nc2C(F)(F)F)o1. The molecule has 1 aliphatic carbocycles. The average Bonchev–Trinajstić information content (AvgIpc) is 3.32. The molecule has 0 spiro atoms. The molecule has 0 bridgehead atoms. The Morgan fingerprint density at radius 2 is 1.82 bits per heavy atom. The van der Waals surface area contributed by atoms with Crippen molar-refractivity contribution in [3.63, 3.8) is 0 Å². The molecule has 1 aliphatic rings. The van der Waals surface area contributed by atoms with Crippen LogP contribution < -0.4 is 5.32 Å². The van der Waals surface area contributed by atoms with Crippen LogP contribution in [0.3, 0.4) is 0 Å². The number of nitrogens with zero attached hydrogens (tertiary/aromatic N) is 4. The summed E-state index contributed by atoms with van der Waals surface area (Å²) in [4.78, 5) is 19.7. The Hall–Kier alpha value is -3.50. The molecule has 0 saturated carbocycles. The highest BCUT2D eigenvalue weighted by molar-refractivity contribution is 5.71. The molecule has 0 saturated heterocycles. The van der Waals surface area contributed by atoms with Crippen molar-refractivity contribution in [3.05, 3.63) is 53.2 Å². The van der Waals surface area contributed by atoms with Crippen LogP contribution in [0, 0.1) is 0 Å². The van der Waals surface area contributed by atoms with E-state index in [1.54, 1.807) is 20.8 Å². The summed E-state index contributed by atoms with van der Waals surface area (Å²) in [5, 5.41) is 10.3. The van der Waals surface area contributed by atoms with Gasteiger partial charge in [-0.3, -0.25) is 4.79 Å². The summed E-state index contributed by atoms with van der Waals surface area (Å²) in [6.45, 7) is 5.07. The first-order valence-corrected chi connectivity index (χ1v) is 10.3. The molecule has 174 valence electrons. The zero-order valence-corrected chi connectivity index (χ0v) is 18.2. The normalized spacial score (nSPS) is 14.2. The number of carbonyl (C=O) groups excluding carboxylic acids is 1. The second kappa shape index (κ2) is 8.45. The van der Waals surface area contributed by atoms with Crippen molar-refractivity contribution < 1.29 is 27.1 Å². The Labute approximate surface area is 187 Å². The fourth-order valence-corrected chi connectivity index (χ4v) is 3.60. The topological polar surface area (TPSA) is 103 Å². The van der Waals surface area contributed by atoms with Gasteiger partial charge in [0.25, 0.3) is 5.89 Å². The lowest BCUT2D eigenvalue weighted by molar-refractivity contribution is -0.154. The molecule has 0 amide bonds. The van der Waals surface area contributed by atoms with Gasteiger partial charge in [-0.05, 0) is 44.7 Å². The zero-order valence-electron chi connectivity index (χ0n) is 18.2. The molecule has 0 atom stereocenters. The molecular formula is C22H22F3N5O3. The maximum atomic E-state index is 13.8. The summed E-state index contributed by atoms with van der Waals surface area (Å²) in [5.74, 6) is -1.38. The van der Waals surface area contributed by atoms with Crippen LogP contribution >= 0.6 is 0 Å². The van der Waals surface area contributed by atoms with E-state index in [-0.39, 0.29) is 24.3 Å². The fraction of sp³-hybridized carbons (Fsp3) is 0.409. The van der Waals surface area contributed by atoms with Crippen LogP contribution in [-0.4, -0.2) is 37.8 Å². The van der Waals surface area contributed by atoms with Gasteiger partial charge in [0, 0.05) is 12.2 Å². The number of carbonyl (C=O) groups is 1. The molecule has 11 heteroatoms. The van der Waals surface area contributed by atoms with E-state index in [9.17, 15) is 18.0 Å². The summed E-state index contributed by atoms with van der Waals surface area (Å²) >= 11 is 0. The number of fused-ring (bicyclic) bond motifs is 1. The molecule has 3 aromatic rings. The maximum Gasteiger partial charge on any atom is 0.434 e. The molecular weight excluding hydrogens is 439 g/mol. The standard InChI is InChI=1S/C22H22F3N5O3/c1-21(2,3)33-17(31)10-16-29-30-19(32-16)15-11-26-20(28-18(15)22(23,24)25)27-14-8-12-6-4-5-7-13(12)9-14/h4-7,11,14H,8-10H2,1-3H3,(H,26,27,28). The number of anilines is 1. The van der Waals surface area contributed by atoms with Gasteiger partial charge in [0.05, 0.1) is 5.56 Å². The van der Waals surface area contributed by atoms with E-state index < -0.39 is 34.9 Å². The monoisotopic (exact) mass is 461 g/mol. The molecule has 0 aliphatic heterocycles. The fourth-order valence-electron chi connectivity index (χ4n) is 3.60. The average molecular weight is 461 g/mol. The Bertz CT molecular complexity index is 1150. The van der Waals surface area contributed by atoms with Crippen LogP contribution in [0.4, 0.5) is 19.1 Å². The molecule has 8 nitrogen and oxygen atoms in total. The minimum absolute atomic E-state index is 0.113. The highest BCUT2D eigenvalue weighted by Crippen LogP contribution is 2.36. The van der Waals surface area contributed by atoms with E-state index >= 15 is 0 Å². The number of hydrogen-bond donors (Lipinski definition) is 1. The molecule has 0 unspecified atom stereocenters. The number of nitrogens with one attached hydrogen (secondary N) is 1. The van der Waals surface area contributed by atoms with Gasteiger partial charge in [-0.1, -0.05) is 24.3 Å². The van der Waals surface area contributed by atoms with Gasteiger partial charge < -0.3 is 14.5 Å². The van der Waals surface area contributed by atoms with Crippen LogP contribution in [0.25, 0.3) is 11.5 Å².